The zero-order valence-electron chi connectivity index (χ0n) is 6.40. The molecule has 0 radical (unpaired) electrons. The molecule has 14 heavy (non-hydrogen) atoms. The van der Waals surface area contributed by atoms with Gasteiger partial charge >= 0.3 is 6.36 Å². The van der Waals surface area contributed by atoms with Gasteiger partial charge in [0, 0.05) is 0 Å². The van der Waals surface area contributed by atoms with Crippen molar-refractivity contribution in [3.05, 3.63) is 15.5 Å². The van der Waals surface area contributed by atoms with Gasteiger partial charge in [-0.3, -0.25) is 0 Å². The highest BCUT2D eigenvalue weighted by Crippen LogP contribution is 2.27. The van der Waals surface area contributed by atoms with E-state index in [9.17, 15) is 17.6 Å². The Balaban J connectivity index is 3.09. The van der Waals surface area contributed by atoms with Gasteiger partial charge in [-0.25, -0.2) is 0 Å². The standard InChI is InChI=1S/C6H3F4IN2O/c7-4-2(11)1-3(12)13-5(4)14-6(8,9)10/h1H,(H2,12,13). The lowest BCUT2D eigenvalue weighted by molar-refractivity contribution is -0.277. The molecule has 0 saturated heterocycles. The number of rotatable bonds is 1. The van der Waals surface area contributed by atoms with Gasteiger partial charge in [-0.05, 0) is 28.7 Å². The van der Waals surface area contributed by atoms with Crippen LogP contribution in [0.1, 0.15) is 0 Å². The monoisotopic (exact) mass is 322 g/mol. The molecule has 0 fully saturated rings. The van der Waals surface area contributed by atoms with Crippen molar-refractivity contribution in [2.45, 2.75) is 6.36 Å². The van der Waals surface area contributed by atoms with Crippen LogP contribution in [-0.2, 0) is 0 Å². The molecule has 0 atom stereocenters. The number of nitrogens with zero attached hydrogens (tertiary/aromatic N) is 1. The third kappa shape index (κ3) is 2.86. The Labute approximate surface area is 89.4 Å². The number of nitrogens with two attached hydrogens (primary N) is 1. The molecule has 0 aromatic carbocycles. The number of aromatic nitrogens is 1. The number of halogens is 5. The first kappa shape index (κ1) is 11.3. The van der Waals surface area contributed by atoms with Crippen LogP contribution in [-0.4, -0.2) is 11.3 Å². The number of ether oxygens (including phenoxy) is 1. The minimum Gasteiger partial charge on any atom is -0.385 e. The summed E-state index contributed by atoms with van der Waals surface area (Å²) in [5.41, 5.74) is 5.12. The number of nitrogen functional groups attached to an aromatic ring is 1. The maximum Gasteiger partial charge on any atom is 0.574 e. The second-order valence-corrected chi connectivity index (χ2v) is 3.36. The smallest absolute Gasteiger partial charge is 0.385 e. The van der Waals surface area contributed by atoms with E-state index in [2.05, 4.69) is 9.72 Å². The van der Waals surface area contributed by atoms with Crippen molar-refractivity contribution in [3.8, 4) is 5.88 Å². The van der Waals surface area contributed by atoms with Gasteiger partial charge in [-0.15, -0.1) is 13.2 Å². The molecule has 0 unspecified atom stereocenters. The number of anilines is 1. The molecule has 1 rings (SSSR count). The van der Waals surface area contributed by atoms with E-state index < -0.39 is 18.1 Å². The van der Waals surface area contributed by atoms with Crippen molar-refractivity contribution in [2.75, 3.05) is 5.73 Å². The summed E-state index contributed by atoms with van der Waals surface area (Å²) in [6, 6.07) is 1.10. The Morgan fingerprint density at radius 3 is 2.50 bits per heavy atom. The van der Waals surface area contributed by atoms with Gasteiger partial charge in [0.15, 0.2) is 5.82 Å². The third-order valence-electron chi connectivity index (χ3n) is 1.12. The summed E-state index contributed by atoms with van der Waals surface area (Å²) in [5, 5.41) is 0. The molecular weight excluding hydrogens is 319 g/mol. The molecular formula is C6H3F4IN2O. The van der Waals surface area contributed by atoms with Crippen LogP contribution in [0.5, 0.6) is 5.88 Å². The van der Waals surface area contributed by atoms with E-state index in [0.29, 0.717) is 0 Å². The Hall–Kier alpha value is -0.800. The second kappa shape index (κ2) is 3.75. The highest BCUT2D eigenvalue weighted by atomic mass is 127. The number of hydrogen-bond acceptors (Lipinski definition) is 3. The molecule has 78 valence electrons. The van der Waals surface area contributed by atoms with E-state index in [1.54, 1.807) is 0 Å². The summed E-state index contributed by atoms with van der Waals surface area (Å²) in [6.07, 6.45) is -4.98. The Morgan fingerprint density at radius 1 is 1.43 bits per heavy atom. The molecule has 1 aromatic heterocycles. The molecule has 1 heterocycles. The quantitative estimate of drug-likeness (QED) is 0.638. The molecule has 0 aliphatic rings. The minimum atomic E-state index is -4.98. The van der Waals surface area contributed by atoms with Crippen LogP contribution in [0, 0.1) is 9.39 Å². The van der Waals surface area contributed by atoms with Gasteiger partial charge in [0.05, 0.1) is 3.57 Å². The van der Waals surface area contributed by atoms with Crippen LogP contribution in [0.2, 0.25) is 0 Å². The zero-order chi connectivity index (χ0) is 10.9. The number of pyridine rings is 1. The Morgan fingerprint density at radius 2 is 2.00 bits per heavy atom. The van der Waals surface area contributed by atoms with Gasteiger partial charge in [0.2, 0.25) is 0 Å². The first-order valence-corrected chi connectivity index (χ1v) is 4.25. The van der Waals surface area contributed by atoms with E-state index >= 15 is 0 Å². The van der Waals surface area contributed by atoms with Crippen LogP contribution in [0.3, 0.4) is 0 Å². The molecule has 0 bridgehead atoms. The lowest BCUT2D eigenvalue weighted by atomic mass is 10.4. The van der Waals surface area contributed by atoms with Crippen LogP contribution in [0.25, 0.3) is 0 Å². The van der Waals surface area contributed by atoms with E-state index in [1.807, 2.05) is 0 Å². The molecule has 0 spiro atoms. The predicted octanol–water partition coefficient (Wildman–Crippen LogP) is 2.31. The van der Waals surface area contributed by atoms with Crippen molar-refractivity contribution in [3.63, 3.8) is 0 Å². The first-order chi connectivity index (χ1) is 6.29. The normalized spacial score (nSPS) is 11.5. The number of hydrogen-bond donors (Lipinski definition) is 1. The fourth-order valence-corrected chi connectivity index (χ4v) is 1.22. The fourth-order valence-electron chi connectivity index (χ4n) is 0.671. The average Bonchev–Trinajstić information content (AvgIpc) is 1.96. The topological polar surface area (TPSA) is 48.1 Å². The molecule has 2 N–H and O–H groups in total. The Bertz CT molecular complexity index is 354. The minimum absolute atomic E-state index is 0.0886. The zero-order valence-corrected chi connectivity index (χ0v) is 8.56. The highest BCUT2D eigenvalue weighted by molar-refractivity contribution is 14.1. The number of alkyl halides is 3. The molecule has 1 aromatic rings. The largest absolute Gasteiger partial charge is 0.574 e. The van der Waals surface area contributed by atoms with Gasteiger partial charge in [0.25, 0.3) is 5.88 Å². The summed E-state index contributed by atoms with van der Waals surface area (Å²) in [6.45, 7) is 0. The van der Waals surface area contributed by atoms with E-state index in [4.69, 9.17) is 5.73 Å². The van der Waals surface area contributed by atoms with E-state index in [1.165, 1.54) is 22.6 Å². The van der Waals surface area contributed by atoms with Gasteiger partial charge in [0.1, 0.15) is 5.82 Å². The van der Waals surface area contributed by atoms with Crippen molar-refractivity contribution in [2.24, 2.45) is 0 Å². The SMILES string of the molecule is Nc1cc(I)c(F)c(OC(F)(F)F)n1. The predicted molar refractivity (Wildman–Crippen MR) is 48.0 cm³/mol. The van der Waals surface area contributed by atoms with Gasteiger partial charge in [-0.2, -0.15) is 9.37 Å². The molecule has 8 heteroatoms. The summed E-state index contributed by atoms with van der Waals surface area (Å²) < 4.78 is 51.3. The van der Waals surface area contributed by atoms with Crippen molar-refractivity contribution in [1.29, 1.82) is 0 Å². The lowest BCUT2D eigenvalue weighted by Gasteiger charge is -2.09. The van der Waals surface area contributed by atoms with Crippen LogP contribution < -0.4 is 10.5 Å². The van der Waals surface area contributed by atoms with Gasteiger partial charge < -0.3 is 10.5 Å². The maximum absolute atomic E-state index is 13.0. The molecule has 0 aliphatic heterocycles. The van der Waals surface area contributed by atoms with Crippen LogP contribution >= 0.6 is 22.6 Å². The summed E-state index contributed by atoms with van der Waals surface area (Å²) in [4.78, 5) is 3.07. The van der Waals surface area contributed by atoms with Crippen LogP contribution in [0.15, 0.2) is 6.07 Å². The fraction of sp³-hybridized carbons (Fsp3) is 0.167. The lowest BCUT2D eigenvalue weighted by Crippen LogP contribution is -2.19. The molecule has 0 aliphatic carbocycles. The van der Waals surface area contributed by atoms with Crippen LogP contribution in [0.4, 0.5) is 23.4 Å². The van der Waals surface area contributed by atoms with Crippen molar-refractivity contribution in [1.82, 2.24) is 4.98 Å². The molecule has 0 amide bonds. The van der Waals surface area contributed by atoms with E-state index in [-0.39, 0.29) is 9.39 Å². The summed E-state index contributed by atoms with van der Waals surface area (Å²) in [5.74, 6) is -2.59. The molecule has 3 nitrogen and oxygen atoms in total. The summed E-state index contributed by atoms with van der Waals surface area (Å²) >= 11 is 1.48. The third-order valence-corrected chi connectivity index (χ3v) is 1.90. The average molecular weight is 322 g/mol. The molecule has 0 saturated carbocycles. The maximum atomic E-state index is 13.0. The van der Waals surface area contributed by atoms with Crippen molar-refractivity contribution < 1.29 is 22.3 Å². The van der Waals surface area contributed by atoms with Crippen molar-refractivity contribution >= 4 is 28.4 Å². The second-order valence-electron chi connectivity index (χ2n) is 2.20. The summed E-state index contributed by atoms with van der Waals surface area (Å²) in [7, 11) is 0. The van der Waals surface area contributed by atoms with Gasteiger partial charge in [-0.1, -0.05) is 0 Å². The van der Waals surface area contributed by atoms with E-state index in [0.717, 1.165) is 6.07 Å². The highest BCUT2D eigenvalue weighted by Gasteiger charge is 2.33. The Kier molecular flexibility index (Phi) is 3.02. The first-order valence-electron chi connectivity index (χ1n) is 3.17.